The Balaban J connectivity index is 2.85. The third-order valence-corrected chi connectivity index (χ3v) is 2.12. The molecule has 0 spiro atoms. The van der Waals surface area contributed by atoms with Gasteiger partial charge in [-0.3, -0.25) is 4.79 Å². The molecule has 1 atom stereocenters. The summed E-state index contributed by atoms with van der Waals surface area (Å²) in [6, 6.07) is 4.86. The van der Waals surface area contributed by atoms with Crippen LogP contribution in [0.3, 0.4) is 0 Å². The topological polar surface area (TPSA) is 50.4 Å². The molecule has 1 aromatic rings. The molecule has 0 radical (unpaired) electrons. The molecule has 0 saturated heterocycles. The van der Waals surface area contributed by atoms with Gasteiger partial charge in [-0.15, -0.1) is 13.2 Å². The summed E-state index contributed by atoms with van der Waals surface area (Å²) in [7, 11) is 1.44. The Labute approximate surface area is 102 Å². The van der Waals surface area contributed by atoms with Crippen molar-refractivity contribution in [2.24, 2.45) is 0 Å². The lowest BCUT2D eigenvalue weighted by Crippen LogP contribution is -2.35. The van der Waals surface area contributed by atoms with Crippen LogP contribution in [-0.2, 0) is 4.79 Å². The predicted molar refractivity (Wildman–Crippen MR) is 60.3 cm³/mol. The van der Waals surface area contributed by atoms with Crippen LogP contribution in [0.15, 0.2) is 24.3 Å². The summed E-state index contributed by atoms with van der Waals surface area (Å²) in [5.74, 6) is -0.711. The van der Waals surface area contributed by atoms with Crippen LogP contribution in [0.2, 0.25) is 0 Å². The zero-order valence-electron chi connectivity index (χ0n) is 9.84. The van der Waals surface area contributed by atoms with E-state index >= 15 is 0 Å². The van der Waals surface area contributed by atoms with Crippen molar-refractivity contribution in [3.8, 4) is 5.75 Å². The minimum Gasteiger partial charge on any atom is -0.404 e. The second-order valence-corrected chi connectivity index (χ2v) is 3.52. The van der Waals surface area contributed by atoms with Crippen molar-refractivity contribution >= 4 is 11.6 Å². The van der Waals surface area contributed by atoms with Gasteiger partial charge in [0.25, 0.3) is 0 Å². The van der Waals surface area contributed by atoms with E-state index in [1.807, 2.05) is 0 Å². The van der Waals surface area contributed by atoms with Crippen molar-refractivity contribution in [1.82, 2.24) is 5.32 Å². The molecular formula is C11H13F3N2O2. The highest BCUT2D eigenvalue weighted by Crippen LogP contribution is 2.30. The molecule has 7 heteroatoms. The fraction of sp³-hybridized carbons (Fsp3) is 0.364. The number of likely N-dealkylation sites (N-methyl/N-ethyl adjacent to an activating group) is 1. The average Bonchev–Trinajstić information content (AvgIpc) is 2.28. The van der Waals surface area contributed by atoms with E-state index in [1.165, 1.54) is 32.2 Å². The fourth-order valence-corrected chi connectivity index (χ4v) is 1.31. The Bertz CT molecular complexity index is 421. The van der Waals surface area contributed by atoms with Crippen LogP contribution in [0.4, 0.5) is 18.9 Å². The van der Waals surface area contributed by atoms with E-state index in [0.717, 1.165) is 0 Å². The highest BCUT2D eigenvalue weighted by atomic mass is 19.4. The van der Waals surface area contributed by atoms with E-state index in [4.69, 9.17) is 0 Å². The van der Waals surface area contributed by atoms with Gasteiger partial charge in [0.1, 0.15) is 6.04 Å². The maximum atomic E-state index is 12.2. The smallest absolute Gasteiger partial charge is 0.404 e. The first-order valence-corrected chi connectivity index (χ1v) is 5.16. The van der Waals surface area contributed by atoms with E-state index in [2.05, 4.69) is 15.4 Å². The van der Waals surface area contributed by atoms with Crippen LogP contribution in [0.1, 0.15) is 6.92 Å². The van der Waals surface area contributed by atoms with Crippen LogP contribution in [0.25, 0.3) is 0 Å². The lowest BCUT2D eigenvalue weighted by atomic mass is 10.2. The van der Waals surface area contributed by atoms with Crippen LogP contribution >= 0.6 is 0 Å². The second kappa shape index (κ2) is 5.61. The molecule has 0 aromatic heterocycles. The Morgan fingerprint density at radius 2 is 1.94 bits per heavy atom. The van der Waals surface area contributed by atoms with Crippen LogP contribution in [-0.4, -0.2) is 25.4 Å². The average molecular weight is 262 g/mol. The zero-order chi connectivity index (χ0) is 13.8. The van der Waals surface area contributed by atoms with Crippen molar-refractivity contribution in [2.45, 2.75) is 19.3 Å². The molecule has 2 N–H and O–H groups in total. The van der Waals surface area contributed by atoms with Gasteiger partial charge in [-0.25, -0.2) is 0 Å². The minimum atomic E-state index is -4.77. The number of ether oxygens (including phenoxy) is 1. The van der Waals surface area contributed by atoms with E-state index in [-0.39, 0.29) is 17.3 Å². The molecule has 1 aromatic carbocycles. The first-order chi connectivity index (χ1) is 8.33. The quantitative estimate of drug-likeness (QED) is 0.874. The number of benzene rings is 1. The molecule has 1 amide bonds. The molecule has 1 unspecified atom stereocenters. The molecule has 0 saturated carbocycles. The predicted octanol–water partition coefficient (Wildman–Crippen LogP) is 2.13. The van der Waals surface area contributed by atoms with Gasteiger partial charge in [-0.2, -0.15) is 0 Å². The van der Waals surface area contributed by atoms with Crippen molar-refractivity contribution in [3.05, 3.63) is 24.3 Å². The number of carbonyl (C=O) groups excluding carboxylic acids is 1. The van der Waals surface area contributed by atoms with Gasteiger partial charge in [-0.1, -0.05) is 12.1 Å². The Morgan fingerprint density at radius 3 is 2.50 bits per heavy atom. The van der Waals surface area contributed by atoms with Crippen molar-refractivity contribution in [1.29, 1.82) is 0 Å². The third-order valence-electron chi connectivity index (χ3n) is 2.12. The number of halogens is 3. The SMILES string of the molecule is CNC(=O)C(C)Nc1ccccc1OC(F)(F)F. The molecule has 0 aliphatic rings. The van der Waals surface area contributed by atoms with E-state index in [0.29, 0.717) is 0 Å². The maximum absolute atomic E-state index is 12.2. The van der Waals surface area contributed by atoms with Crippen molar-refractivity contribution < 1.29 is 22.7 Å². The van der Waals surface area contributed by atoms with E-state index in [1.54, 1.807) is 6.07 Å². The normalized spacial score (nSPS) is 12.7. The molecule has 0 aliphatic heterocycles. The van der Waals surface area contributed by atoms with Gasteiger partial charge < -0.3 is 15.4 Å². The van der Waals surface area contributed by atoms with Gasteiger partial charge in [0.2, 0.25) is 5.91 Å². The number of anilines is 1. The Morgan fingerprint density at radius 1 is 1.33 bits per heavy atom. The molecular weight excluding hydrogens is 249 g/mol. The van der Waals surface area contributed by atoms with Crippen molar-refractivity contribution in [2.75, 3.05) is 12.4 Å². The van der Waals surface area contributed by atoms with Gasteiger partial charge in [0, 0.05) is 7.05 Å². The highest BCUT2D eigenvalue weighted by Gasteiger charge is 2.32. The molecule has 0 fully saturated rings. The number of carbonyl (C=O) groups is 1. The molecule has 100 valence electrons. The number of nitrogens with one attached hydrogen (secondary N) is 2. The summed E-state index contributed by atoms with van der Waals surface area (Å²) in [4.78, 5) is 11.3. The molecule has 4 nitrogen and oxygen atoms in total. The fourth-order valence-electron chi connectivity index (χ4n) is 1.31. The summed E-state index contributed by atoms with van der Waals surface area (Å²) >= 11 is 0. The van der Waals surface area contributed by atoms with Crippen LogP contribution < -0.4 is 15.4 Å². The number of amides is 1. The van der Waals surface area contributed by atoms with Gasteiger partial charge in [0.15, 0.2) is 5.75 Å². The van der Waals surface area contributed by atoms with Gasteiger partial charge >= 0.3 is 6.36 Å². The summed E-state index contributed by atoms with van der Waals surface area (Å²) in [5.41, 5.74) is 0.103. The molecule has 1 rings (SSSR count). The first kappa shape index (κ1) is 14.1. The lowest BCUT2D eigenvalue weighted by Gasteiger charge is -2.17. The van der Waals surface area contributed by atoms with Crippen LogP contribution in [0, 0.1) is 0 Å². The largest absolute Gasteiger partial charge is 0.573 e. The molecule has 18 heavy (non-hydrogen) atoms. The zero-order valence-corrected chi connectivity index (χ0v) is 9.84. The van der Waals surface area contributed by atoms with Gasteiger partial charge in [0.05, 0.1) is 5.69 Å². The summed E-state index contributed by atoms with van der Waals surface area (Å²) in [5, 5.41) is 5.03. The molecule has 0 bridgehead atoms. The number of rotatable bonds is 4. The maximum Gasteiger partial charge on any atom is 0.573 e. The number of hydrogen-bond acceptors (Lipinski definition) is 3. The standard InChI is InChI=1S/C11H13F3N2O2/c1-7(10(17)15-2)16-8-5-3-4-6-9(8)18-11(12,13)14/h3-7,16H,1-2H3,(H,15,17). The lowest BCUT2D eigenvalue weighted by molar-refractivity contribution is -0.274. The third kappa shape index (κ3) is 4.15. The molecule has 0 aliphatic carbocycles. The van der Waals surface area contributed by atoms with E-state index < -0.39 is 12.4 Å². The van der Waals surface area contributed by atoms with Crippen LogP contribution in [0.5, 0.6) is 5.75 Å². The number of hydrogen-bond donors (Lipinski definition) is 2. The second-order valence-electron chi connectivity index (χ2n) is 3.52. The minimum absolute atomic E-state index is 0.103. The van der Waals surface area contributed by atoms with Crippen molar-refractivity contribution in [3.63, 3.8) is 0 Å². The Hall–Kier alpha value is -1.92. The number of para-hydroxylation sites is 2. The Kier molecular flexibility index (Phi) is 4.41. The van der Waals surface area contributed by atoms with E-state index in [9.17, 15) is 18.0 Å². The van der Waals surface area contributed by atoms with Gasteiger partial charge in [-0.05, 0) is 19.1 Å². The summed E-state index contributed by atoms with van der Waals surface area (Å²) in [6.45, 7) is 1.53. The molecule has 0 heterocycles. The first-order valence-electron chi connectivity index (χ1n) is 5.16. The summed E-state index contributed by atoms with van der Waals surface area (Å²) in [6.07, 6.45) is -4.77. The monoisotopic (exact) mass is 262 g/mol. The highest BCUT2D eigenvalue weighted by molar-refractivity contribution is 5.84. The summed E-state index contributed by atoms with van der Waals surface area (Å²) < 4.78 is 40.3. The number of alkyl halides is 3.